The third kappa shape index (κ3) is 4.54. The highest BCUT2D eigenvalue weighted by molar-refractivity contribution is 9.10. The van der Waals surface area contributed by atoms with Crippen LogP contribution in [0.25, 0.3) is 5.65 Å². The molecule has 1 fully saturated rings. The topological polar surface area (TPSA) is 118 Å². The Balaban J connectivity index is 1.64. The molecule has 0 aliphatic heterocycles. The third-order valence-electron chi connectivity index (χ3n) is 5.49. The number of fused-ring (bicyclic) bond motifs is 1. The number of nitrogens with two attached hydrogens (primary N) is 1. The van der Waals surface area contributed by atoms with E-state index < -0.39 is 10.0 Å². The molecule has 0 saturated heterocycles. The molecule has 166 valence electrons. The molecule has 2 atom stereocenters. The molecule has 1 saturated carbocycles. The predicted molar refractivity (Wildman–Crippen MR) is 125 cm³/mol. The number of nitrogens with zero attached hydrogens (tertiary/aromatic N) is 4. The average Bonchev–Trinajstić information content (AvgIpc) is 3.11. The zero-order chi connectivity index (χ0) is 22.2. The van der Waals surface area contributed by atoms with Crippen LogP contribution in [0.4, 0.5) is 17.3 Å². The summed E-state index contributed by atoms with van der Waals surface area (Å²) in [4.78, 5) is 4.93. The molecule has 9 nitrogen and oxygen atoms in total. The summed E-state index contributed by atoms with van der Waals surface area (Å²) in [6.07, 6.45) is 6.02. The second-order valence-corrected chi connectivity index (χ2v) is 10.9. The van der Waals surface area contributed by atoms with Crippen LogP contribution in [0, 0.1) is 0 Å². The lowest BCUT2D eigenvalue weighted by Gasteiger charge is -2.29. The second kappa shape index (κ2) is 8.73. The van der Waals surface area contributed by atoms with Gasteiger partial charge in [0, 0.05) is 37.9 Å². The van der Waals surface area contributed by atoms with Crippen LogP contribution in [-0.2, 0) is 10.0 Å². The number of sulfonamides is 1. The van der Waals surface area contributed by atoms with Gasteiger partial charge in [-0.15, -0.1) is 0 Å². The maximum absolute atomic E-state index is 12.3. The zero-order valence-corrected chi connectivity index (χ0v) is 19.8. The lowest BCUT2D eigenvalue weighted by molar-refractivity contribution is 0.403. The summed E-state index contributed by atoms with van der Waals surface area (Å²) in [5.74, 6) is 1.41. The van der Waals surface area contributed by atoms with Crippen LogP contribution < -0.4 is 16.4 Å². The number of benzene rings is 1. The van der Waals surface area contributed by atoms with Crippen LogP contribution >= 0.6 is 15.9 Å². The van der Waals surface area contributed by atoms with E-state index in [9.17, 15) is 8.42 Å². The molecule has 0 radical (unpaired) electrons. The number of nitrogens with one attached hydrogen (secondary N) is 2. The second-order valence-electron chi connectivity index (χ2n) is 7.89. The smallest absolute Gasteiger partial charge is 0.242 e. The molecule has 4 rings (SSSR count). The van der Waals surface area contributed by atoms with E-state index >= 15 is 0 Å². The summed E-state index contributed by atoms with van der Waals surface area (Å²) in [5.41, 5.74) is 7.70. The number of anilines is 3. The Morgan fingerprint density at radius 1 is 1.19 bits per heavy atom. The Hall–Kier alpha value is -2.21. The molecule has 0 spiro atoms. The molecule has 1 aromatic carbocycles. The summed E-state index contributed by atoms with van der Waals surface area (Å²) in [7, 11) is -0.453. The summed E-state index contributed by atoms with van der Waals surface area (Å²) in [6, 6.07) is 8.77. The molecular weight excluding hydrogens is 482 g/mol. The molecule has 1 aliphatic carbocycles. The SMILES string of the molecule is CN(C)S(=O)(=O)c1ccc(Nc2cc(N[C@@H]3CCCC[C@@H]3N)nc3c(Br)cnn23)cc1. The number of rotatable bonds is 6. The monoisotopic (exact) mass is 507 g/mol. The van der Waals surface area contributed by atoms with E-state index in [-0.39, 0.29) is 17.0 Å². The Morgan fingerprint density at radius 2 is 1.90 bits per heavy atom. The Bertz CT molecular complexity index is 1180. The Labute approximate surface area is 190 Å². The van der Waals surface area contributed by atoms with Crippen molar-refractivity contribution in [3.63, 3.8) is 0 Å². The van der Waals surface area contributed by atoms with Crippen LogP contribution in [0.1, 0.15) is 25.7 Å². The minimum absolute atomic E-state index is 0.0997. The van der Waals surface area contributed by atoms with Crippen LogP contribution in [0.5, 0.6) is 0 Å². The van der Waals surface area contributed by atoms with Crippen molar-refractivity contribution in [1.29, 1.82) is 0 Å². The minimum atomic E-state index is -3.48. The zero-order valence-electron chi connectivity index (χ0n) is 17.4. The van der Waals surface area contributed by atoms with E-state index in [4.69, 9.17) is 10.7 Å². The molecule has 2 heterocycles. The fraction of sp³-hybridized carbons (Fsp3) is 0.400. The van der Waals surface area contributed by atoms with Crippen molar-refractivity contribution >= 4 is 48.9 Å². The van der Waals surface area contributed by atoms with Gasteiger partial charge in [-0.25, -0.2) is 17.7 Å². The van der Waals surface area contributed by atoms with Crippen molar-refractivity contribution in [1.82, 2.24) is 18.9 Å². The van der Waals surface area contributed by atoms with Gasteiger partial charge in [-0.05, 0) is 53.0 Å². The molecule has 3 aromatic rings. The number of hydrogen-bond acceptors (Lipinski definition) is 7. The van der Waals surface area contributed by atoms with E-state index in [1.54, 1.807) is 35.0 Å². The third-order valence-corrected chi connectivity index (χ3v) is 7.88. The van der Waals surface area contributed by atoms with Gasteiger partial charge in [0.15, 0.2) is 5.65 Å². The van der Waals surface area contributed by atoms with Crippen LogP contribution in [0.3, 0.4) is 0 Å². The molecule has 2 aromatic heterocycles. The van der Waals surface area contributed by atoms with Gasteiger partial charge in [-0.2, -0.15) is 9.61 Å². The number of hydrogen-bond donors (Lipinski definition) is 3. The average molecular weight is 508 g/mol. The maximum Gasteiger partial charge on any atom is 0.242 e. The van der Waals surface area contributed by atoms with E-state index in [0.29, 0.717) is 17.3 Å². The molecule has 31 heavy (non-hydrogen) atoms. The van der Waals surface area contributed by atoms with Gasteiger partial charge in [0.25, 0.3) is 0 Å². The standard InChI is InChI=1S/C20H26BrN7O2S/c1-27(2)31(29,30)14-9-7-13(8-10-14)24-19-11-18(25-17-6-4-3-5-16(17)22)26-20-15(21)12-23-28(19)20/h7-12,16-17,24H,3-6,22H2,1-2H3,(H,25,26)/t16-,17+/m0/s1. The van der Waals surface area contributed by atoms with Gasteiger partial charge in [-0.3, -0.25) is 0 Å². The summed E-state index contributed by atoms with van der Waals surface area (Å²) >= 11 is 3.51. The molecule has 4 N–H and O–H groups in total. The van der Waals surface area contributed by atoms with Gasteiger partial charge in [-0.1, -0.05) is 12.8 Å². The van der Waals surface area contributed by atoms with Crippen molar-refractivity contribution < 1.29 is 8.42 Å². The molecule has 1 aliphatic rings. The number of halogens is 1. The summed E-state index contributed by atoms with van der Waals surface area (Å²) in [6.45, 7) is 0. The van der Waals surface area contributed by atoms with Crippen molar-refractivity contribution in [2.75, 3.05) is 24.7 Å². The summed E-state index contributed by atoms with van der Waals surface area (Å²) in [5, 5.41) is 11.2. The largest absolute Gasteiger partial charge is 0.366 e. The van der Waals surface area contributed by atoms with Crippen molar-refractivity contribution in [3.8, 4) is 0 Å². The van der Waals surface area contributed by atoms with Crippen molar-refractivity contribution in [3.05, 3.63) is 41.0 Å². The fourth-order valence-electron chi connectivity index (χ4n) is 3.70. The van der Waals surface area contributed by atoms with E-state index in [0.717, 1.165) is 35.8 Å². The van der Waals surface area contributed by atoms with Crippen LogP contribution in [0.15, 0.2) is 45.9 Å². The first-order valence-corrected chi connectivity index (χ1v) is 12.3. The molecule has 0 bridgehead atoms. The highest BCUT2D eigenvalue weighted by Crippen LogP contribution is 2.27. The van der Waals surface area contributed by atoms with Gasteiger partial charge >= 0.3 is 0 Å². The van der Waals surface area contributed by atoms with Gasteiger partial charge < -0.3 is 16.4 Å². The lowest BCUT2D eigenvalue weighted by atomic mass is 9.91. The summed E-state index contributed by atoms with van der Waals surface area (Å²) < 4.78 is 28.3. The number of aromatic nitrogens is 3. The highest BCUT2D eigenvalue weighted by atomic mass is 79.9. The van der Waals surface area contributed by atoms with Crippen LogP contribution in [-0.4, -0.2) is 53.5 Å². The van der Waals surface area contributed by atoms with Crippen molar-refractivity contribution in [2.24, 2.45) is 5.73 Å². The van der Waals surface area contributed by atoms with Gasteiger partial charge in [0.1, 0.15) is 11.6 Å². The van der Waals surface area contributed by atoms with Crippen molar-refractivity contribution in [2.45, 2.75) is 42.7 Å². The highest BCUT2D eigenvalue weighted by Gasteiger charge is 2.23. The van der Waals surface area contributed by atoms with Crippen LogP contribution in [0.2, 0.25) is 0 Å². The normalized spacial score (nSPS) is 19.6. The fourth-order valence-corrected chi connectivity index (χ4v) is 4.95. The quantitative estimate of drug-likeness (QED) is 0.468. The molecule has 0 unspecified atom stereocenters. The lowest BCUT2D eigenvalue weighted by Crippen LogP contribution is -2.42. The predicted octanol–water partition coefficient (Wildman–Crippen LogP) is 3.17. The van der Waals surface area contributed by atoms with E-state index in [1.807, 2.05) is 6.07 Å². The molecule has 11 heteroatoms. The van der Waals surface area contributed by atoms with Gasteiger partial charge in [0.2, 0.25) is 10.0 Å². The first kappa shape index (κ1) is 22.0. The van der Waals surface area contributed by atoms with E-state index in [1.165, 1.54) is 18.4 Å². The Kier molecular flexibility index (Phi) is 6.20. The first-order chi connectivity index (χ1) is 14.8. The molecular formula is C20H26BrN7O2S. The molecule has 0 amide bonds. The minimum Gasteiger partial charge on any atom is -0.366 e. The van der Waals surface area contributed by atoms with Gasteiger partial charge in [0.05, 0.1) is 15.6 Å². The maximum atomic E-state index is 12.3. The van der Waals surface area contributed by atoms with E-state index in [2.05, 4.69) is 31.7 Å². The Morgan fingerprint density at radius 3 is 2.58 bits per heavy atom. The first-order valence-electron chi connectivity index (χ1n) is 10.1.